The van der Waals surface area contributed by atoms with Gasteiger partial charge in [0.1, 0.15) is 0 Å². The minimum atomic E-state index is 0.174. The molecule has 1 aliphatic rings. The van der Waals surface area contributed by atoms with E-state index in [1.54, 1.807) is 18.3 Å². The van der Waals surface area contributed by atoms with Crippen LogP contribution in [-0.4, -0.2) is 23.3 Å². The molecule has 0 fully saturated rings. The lowest BCUT2D eigenvalue weighted by atomic mass is 10.1. The van der Waals surface area contributed by atoms with Gasteiger partial charge in [-0.15, -0.1) is 11.3 Å². The zero-order valence-electron chi connectivity index (χ0n) is 11.2. The average molecular weight is 263 g/mol. The summed E-state index contributed by atoms with van der Waals surface area (Å²) in [5.41, 5.74) is 1.27. The Morgan fingerprint density at radius 2 is 2.39 bits per heavy atom. The van der Waals surface area contributed by atoms with Crippen molar-refractivity contribution in [1.29, 1.82) is 0 Å². The number of rotatable bonds is 6. The van der Waals surface area contributed by atoms with Gasteiger partial charge < -0.3 is 0 Å². The van der Waals surface area contributed by atoms with Crippen LogP contribution in [0.1, 0.15) is 48.3 Å². The smallest absolute Gasteiger partial charge is 0.169 e. The SMILES string of the molecule is CCCCC1C=CCN1Cc1csc(C(C)=O)c1. The summed E-state index contributed by atoms with van der Waals surface area (Å²) < 4.78 is 0. The number of unbranched alkanes of at least 4 members (excludes halogenated alkanes) is 1. The minimum absolute atomic E-state index is 0.174. The highest BCUT2D eigenvalue weighted by atomic mass is 32.1. The van der Waals surface area contributed by atoms with E-state index in [1.165, 1.54) is 24.8 Å². The van der Waals surface area contributed by atoms with Crippen molar-refractivity contribution in [2.24, 2.45) is 0 Å². The van der Waals surface area contributed by atoms with Crippen LogP contribution in [0.3, 0.4) is 0 Å². The maximum Gasteiger partial charge on any atom is 0.169 e. The van der Waals surface area contributed by atoms with E-state index in [9.17, 15) is 4.79 Å². The van der Waals surface area contributed by atoms with Crippen molar-refractivity contribution < 1.29 is 4.79 Å². The number of hydrogen-bond acceptors (Lipinski definition) is 3. The molecule has 2 nitrogen and oxygen atoms in total. The summed E-state index contributed by atoms with van der Waals surface area (Å²) in [6.07, 6.45) is 8.38. The number of Topliss-reactive ketones (excluding diaryl/α,β-unsaturated/α-hetero) is 1. The van der Waals surface area contributed by atoms with Crippen molar-refractivity contribution in [3.8, 4) is 0 Å². The van der Waals surface area contributed by atoms with Crippen LogP contribution < -0.4 is 0 Å². The zero-order chi connectivity index (χ0) is 13.0. The first-order valence-corrected chi connectivity index (χ1v) is 7.57. The minimum Gasteiger partial charge on any atom is -0.294 e. The molecule has 0 saturated heterocycles. The molecule has 18 heavy (non-hydrogen) atoms. The third kappa shape index (κ3) is 3.30. The van der Waals surface area contributed by atoms with Gasteiger partial charge in [-0.1, -0.05) is 31.9 Å². The van der Waals surface area contributed by atoms with Crippen LogP contribution in [0, 0.1) is 0 Å². The highest BCUT2D eigenvalue weighted by Crippen LogP contribution is 2.22. The molecule has 0 saturated carbocycles. The molecule has 2 heterocycles. The van der Waals surface area contributed by atoms with Crippen molar-refractivity contribution in [3.05, 3.63) is 34.0 Å². The van der Waals surface area contributed by atoms with E-state index < -0.39 is 0 Å². The van der Waals surface area contributed by atoms with Crippen LogP contribution in [0.4, 0.5) is 0 Å². The van der Waals surface area contributed by atoms with Gasteiger partial charge in [-0.2, -0.15) is 0 Å². The summed E-state index contributed by atoms with van der Waals surface area (Å²) in [5.74, 6) is 0.174. The molecule has 0 spiro atoms. The van der Waals surface area contributed by atoms with Crippen molar-refractivity contribution in [2.75, 3.05) is 6.54 Å². The zero-order valence-corrected chi connectivity index (χ0v) is 12.0. The lowest BCUT2D eigenvalue weighted by molar-refractivity contribution is 0.102. The Balaban J connectivity index is 1.93. The van der Waals surface area contributed by atoms with Crippen LogP contribution in [0.25, 0.3) is 0 Å². The number of nitrogens with zero attached hydrogens (tertiary/aromatic N) is 1. The molecular formula is C15H21NOS. The Bertz CT molecular complexity index is 435. The molecule has 0 N–H and O–H groups in total. The Kier molecular flexibility index (Phi) is 4.72. The second kappa shape index (κ2) is 6.30. The molecule has 1 unspecified atom stereocenters. The molecule has 1 atom stereocenters. The Morgan fingerprint density at radius 3 is 3.06 bits per heavy atom. The second-order valence-electron chi connectivity index (χ2n) is 4.94. The summed E-state index contributed by atoms with van der Waals surface area (Å²) in [4.78, 5) is 14.7. The predicted molar refractivity (Wildman–Crippen MR) is 77.2 cm³/mol. The lowest BCUT2D eigenvalue weighted by Gasteiger charge is -2.23. The number of hydrogen-bond donors (Lipinski definition) is 0. The number of ketones is 1. The summed E-state index contributed by atoms with van der Waals surface area (Å²) in [5, 5.41) is 2.12. The summed E-state index contributed by atoms with van der Waals surface area (Å²) in [6, 6.07) is 2.63. The molecular weight excluding hydrogens is 242 g/mol. The van der Waals surface area contributed by atoms with Gasteiger partial charge in [0.25, 0.3) is 0 Å². The standard InChI is InChI=1S/C15H21NOS/c1-3-4-6-14-7-5-8-16(14)10-13-9-15(12(2)17)18-11-13/h5,7,9,11,14H,3-4,6,8,10H2,1-2H3. The van der Waals surface area contributed by atoms with E-state index in [4.69, 9.17) is 0 Å². The van der Waals surface area contributed by atoms with E-state index in [0.717, 1.165) is 18.0 Å². The van der Waals surface area contributed by atoms with Crippen molar-refractivity contribution >= 4 is 17.1 Å². The molecule has 0 amide bonds. The first-order valence-electron chi connectivity index (χ1n) is 6.69. The molecule has 1 aromatic rings. The van der Waals surface area contributed by atoms with Gasteiger partial charge in [0.15, 0.2) is 5.78 Å². The van der Waals surface area contributed by atoms with Gasteiger partial charge in [0.05, 0.1) is 4.88 Å². The van der Waals surface area contributed by atoms with E-state index >= 15 is 0 Å². The van der Waals surface area contributed by atoms with E-state index in [2.05, 4.69) is 29.4 Å². The van der Waals surface area contributed by atoms with Gasteiger partial charge in [0.2, 0.25) is 0 Å². The maximum atomic E-state index is 11.3. The highest BCUT2D eigenvalue weighted by Gasteiger charge is 2.19. The Labute approximate surface area is 113 Å². The molecule has 98 valence electrons. The Morgan fingerprint density at radius 1 is 1.56 bits per heavy atom. The molecule has 2 rings (SSSR count). The van der Waals surface area contributed by atoms with E-state index in [-0.39, 0.29) is 5.78 Å². The van der Waals surface area contributed by atoms with Crippen molar-refractivity contribution in [3.63, 3.8) is 0 Å². The van der Waals surface area contributed by atoms with Gasteiger partial charge in [-0.25, -0.2) is 0 Å². The molecule has 0 aliphatic carbocycles. The topological polar surface area (TPSA) is 20.3 Å². The quantitative estimate of drug-likeness (QED) is 0.573. The third-order valence-electron chi connectivity index (χ3n) is 3.41. The normalized spacial score (nSPS) is 19.6. The van der Waals surface area contributed by atoms with Gasteiger partial charge >= 0.3 is 0 Å². The molecule has 1 aliphatic heterocycles. The fourth-order valence-corrected chi connectivity index (χ4v) is 3.17. The summed E-state index contributed by atoms with van der Waals surface area (Å²) >= 11 is 1.56. The Hall–Kier alpha value is -0.930. The van der Waals surface area contributed by atoms with Gasteiger partial charge in [-0.3, -0.25) is 9.69 Å². The van der Waals surface area contributed by atoms with Crippen molar-refractivity contribution in [1.82, 2.24) is 4.90 Å². The van der Waals surface area contributed by atoms with Crippen LogP contribution in [0.5, 0.6) is 0 Å². The van der Waals surface area contributed by atoms with Gasteiger partial charge in [-0.05, 0) is 30.4 Å². The van der Waals surface area contributed by atoms with Crippen LogP contribution >= 0.6 is 11.3 Å². The molecule has 3 heteroatoms. The highest BCUT2D eigenvalue weighted by molar-refractivity contribution is 7.12. The summed E-state index contributed by atoms with van der Waals surface area (Å²) in [7, 11) is 0. The lowest BCUT2D eigenvalue weighted by Crippen LogP contribution is -2.29. The molecule has 0 bridgehead atoms. The molecule has 0 aromatic carbocycles. The monoisotopic (exact) mass is 263 g/mol. The fraction of sp³-hybridized carbons (Fsp3) is 0.533. The average Bonchev–Trinajstić information content (AvgIpc) is 2.96. The predicted octanol–water partition coefficient (Wildman–Crippen LogP) is 3.88. The second-order valence-corrected chi connectivity index (χ2v) is 5.85. The van der Waals surface area contributed by atoms with Crippen LogP contribution in [0.2, 0.25) is 0 Å². The van der Waals surface area contributed by atoms with Gasteiger partial charge in [0, 0.05) is 19.1 Å². The summed E-state index contributed by atoms with van der Waals surface area (Å²) in [6.45, 7) is 5.88. The number of carbonyl (C=O) groups excluding carboxylic acids is 1. The number of thiophene rings is 1. The molecule has 0 radical (unpaired) electrons. The first kappa shape index (κ1) is 13.5. The van der Waals surface area contributed by atoms with E-state index in [0.29, 0.717) is 6.04 Å². The fourth-order valence-electron chi connectivity index (χ4n) is 2.36. The number of carbonyl (C=O) groups is 1. The maximum absolute atomic E-state index is 11.3. The van der Waals surface area contributed by atoms with Crippen LogP contribution in [-0.2, 0) is 6.54 Å². The first-order chi connectivity index (χ1) is 8.70. The van der Waals surface area contributed by atoms with Crippen LogP contribution in [0.15, 0.2) is 23.6 Å². The third-order valence-corrected chi connectivity index (χ3v) is 4.49. The largest absolute Gasteiger partial charge is 0.294 e. The van der Waals surface area contributed by atoms with E-state index in [1.807, 2.05) is 6.07 Å². The molecule has 1 aromatic heterocycles. The van der Waals surface area contributed by atoms with Crippen molar-refractivity contribution in [2.45, 2.75) is 45.7 Å².